The third kappa shape index (κ3) is 1.94. The van der Waals surface area contributed by atoms with E-state index in [9.17, 15) is 8.78 Å². The molecule has 1 rings (SSSR count). The normalized spacial score (nSPS) is 21.8. The van der Waals surface area contributed by atoms with Crippen molar-refractivity contribution in [2.75, 3.05) is 13.1 Å². The van der Waals surface area contributed by atoms with E-state index in [0.29, 0.717) is 0 Å². The molecule has 1 aliphatic heterocycles. The van der Waals surface area contributed by atoms with Crippen LogP contribution in [-0.4, -0.2) is 19.5 Å². The third-order valence-electron chi connectivity index (χ3n) is 2.95. The zero-order valence-corrected chi connectivity index (χ0v) is 7.74. The summed E-state index contributed by atoms with van der Waals surface area (Å²) in [5.41, 5.74) is -0.803. The summed E-state index contributed by atoms with van der Waals surface area (Å²) >= 11 is 0. The van der Waals surface area contributed by atoms with Gasteiger partial charge in [-0.1, -0.05) is 13.8 Å². The molecule has 3 heteroatoms. The lowest BCUT2D eigenvalue weighted by Crippen LogP contribution is -2.39. The van der Waals surface area contributed by atoms with E-state index in [-0.39, 0.29) is 5.92 Å². The highest BCUT2D eigenvalue weighted by atomic mass is 19.3. The van der Waals surface area contributed by atoms with Gasteiger partial charge in [0.15, 0.2) is 0 Å². The van der Waals surface area contributed by atoms with Crippen molar-refractivity contribution in [1.82, 2.24) is 5.32 Å². The molecule has 1 heterocycles. The third-order valence-corrected chi connectivity index (χ3v) is 2.95. The standard InChI is InChI=1S/C9H17F2N/c1-9(2,8(10)11)7-3-5-12-6-4-7/h7-8,12H,3-6H2,1-2H3. The molecular formula is C9H17F2N. The van der Waals surface area contributed by atoms with Gasteiger partial charge < -0.3 is 5.32 Å². The fraction of sp³-hybridized carbons (Fsp3) is 1.00. The zero-order valence-electron chi connectivity index (χ0n) is 7.74. The van der Waals surface area contributed by atoms with Crippen LogP contribution in [0.4, 0.5) is 8.78 Å². The van der Waals surface area contributed by atoms with Crippen molar-refractivity contribution >= 4 is 0 Å². The highest BCUT2D eigenvalue weighted by Crippen LogP contribution is 2.38. The first-order valence-electron chi connectivity index (χ1n) is 4.54. The van der Waals surface area contributed by atoms with Crippen molar-refractivity contribution in [3.63, 3.8) is 0 Å². The lowest BCUT2D eigenvalue weighted by Gasteiger charge is -2.36. The van der Waals surface area contributed by atoms with Crippen LogP contribution in [0, 0.1) is 11.3 Å². The van der Waals surface area contributed by atoms with E-state index in [1.54, 1.807) is 13.8 Å². The average molecular weight is 177 g/mol. The van der Waals surface area contributed by atoms with Crippen molar-refractivity contribution in [2.24, 2.45) is 11.3 Å². The van der Waals surface area contributed by atoms with Crippen molar-refractivity contribution in [3.05, 3.63) is 0 Å². The summed E-state index contributed by atoms with van der Waals surface area (Å²) in [5, 5.41) is 3.18. The van der Waals surface area contributed by atoms with Gasteiger partial charge in [-0.25, -0.2) is 8.78 Å². The first kappa shape index (κ1) is 9.90. The molecule has 0 radical (unpaired) electrons. The van der Waals surface area contributed by atoms with Crippen LogP contribution in [0.25, 0.3) is 0 Å². The van der Waals surface area contributed by atoms with Crippen LogP contribution < -0.4 is 5.32 Å². The Kier molecular flexibility index (Phi) is 3.04. The molecule has 0 aromatic carbocycles. The molecule has 0 unspecified atom stereocenters. The van der Waals surface area contributed by atoms with E-state index in [2.05, 4.69) is 5.32 Å². The summed E-state index contributed by atoms with van der Waals surface area (Å²) in [6.45, 7) is 5.13. The molecule has 0 bridgehead atoms. The number of hydrogen-bond donors (Lipinski definition) is 1. The lowest BCUT2D eigenvalue weighted by molar-refractivity contribution is -0.0302. The predicted molar refractivity (Wildman–Crippen MR) is 45.4 cm³/mol. The van der Waals surface area contributed by atoms with Crippen molar-refractivity contribution in [3.8, 4) is 0 Å². The maximum atomic E-state index is 12.6. The van der Waals surface area contributed by atoms with Crippen LogP contribution >= 0.6 is 0 Å². The van der Waals surface area contributed by atoms with Crippen LogP contribution in [0.5, 0.6) is 0 Å². The first-order valence-corrected chi connectivity index (χ1v) is 4.54. The quantitative estimate of drug-likeness (QED) is 0.682. The second-order valence-corrected chi connectivity index (χ2v) is 4.15. The summed E-state index contributed by atoms with van der Waals surface area (Å²) in [7, 11) is 0. The number of halogens is 2. The van der Waals surface area contributed by atoms with Gasteiger partial charge in [-0.15, -0.1) is 0 Å². The predicted octanol–water partition coefficient (Wildman–Crippen LogP) is 2.28. The molecule has 0 saturated carbocycles. The van der Waals surface area contributed by atoms with E-state index in [1.165, 1.54) is 0 Å². The van der Waals surface area contributed by atoms with Crippen molar-refractivity contribution < 1.29 is 8.78 Å². The number of rotatable bonds is 2. The van der Waals surface area contributed by atoms with Crippen LogP contribution in [-0.2, 0) is 0 Å². The Morgan fingerprint density at radius 2 is 1.75 bits per heavy atom. The molecule has 0 aromatic rings. The SMILES string of the molecule is CC(C)(C(F)F)C1CCNCC1. The van der Waals surface area contributed by atoms with Crippen LogP contribution in [0.2, 0.25) is 0 Å². The van der Waals surface area contributed by atoms with Crippen LogP contribution in [0.1, 0.15) is 26.7 Å². The Morgan fingerprint density at radius 3 is 2.17 bits per heavy atom. The van der Waals surface area contributed by atoms with E-state index in [4.69, 9.17) is 0 Å². The fourth-order valence-corrected chi connectivity index (χ4v) is 1.74. The Labute approximate surface area is 72.5 Å². The Hall–Kier alpha value is -0.180. The molecule has 0 aliphatic carbocycles. The molecule has 0 spiro atoms. The Bertz CT molecular complexity index is 139. The molecule has 1 saturated heterocycles. The summed E-state index contributed by atoms with van der Waals surface area (Å²) in [6, 6.07) is 0. The van der Waals surface area contributed by atoms with Gasteiger partial charge in [0.05, 0.1) is 0 Å². The smallest absolute Gasteiger partial charge is 0.243 e. The average Bonchev–Trinajstić information content (AvgIpc) is 2.06. The molecule has 72 valence electrons. The Balaban J connectivity index is 2.53. The van der Waals surface area contributed by atoms with Gasteiger partial charge in [-0.3, -0.25) is 0 Å². The molecular weight excluding hydrogens is 160 g/mol. The Morgan fingerprint density at radius 1 is 1.25 bits per heavy atom. The van der Waals surface area contributed by atoms with Crippen molar-refractivity contribution in [1.29, 1.82) is 0 Å². The van der Waals surface area contributed by atoms with E-state index < -0.39 is 11.8 Å². The van der Waals surface area contributed by atoms with E-state index in [0.717, 1.165) is 25.9 Å². The number of hydrogen-bond acceptors (Lipinski definition) is 1. The maximum absolute atomic E-state index is 12.6. The fourth-order valence-electron chi connectivity index (χ4n) is 1.74. The highest BCUT2D eigenvalue weighted by molar-refractivity contribution is 4.83. The van der Waals surface area contributed by atoms with Gasteiger partial charge in [-0.05, 0) is 31.8 Å². The zero-order chi connectivity index (χ0) is 9.19. The summed E-state index contributed by atoms with van der Waals surface area (Å²) in [6.07, 6.45) is -0.421. The van der Waals surface area contributed by atoms with E-state index >= 15 is 0 Å². The van der Waals surface area contributed by atoms with Crippen LogP contribution in [0.15, 0.2) is 0 Å². The van der Waals surface area contributed by atoms with Gasteiger partial charge in [0, 0.05) is 5.41 Å². The van der Waals surface area contributed by atoms with E-state index in [1.807, 2.05) is 0 Å². The molecule has 1 fully saturated rings. The second kappa shape index (κ2) is 3.69. The topological polar surface area (TPSA) is 12.0 Å². The summed E-state index contributed by atoms with van der Waals surface area (Å²) < 4.78 is 25.2. The minimum Gasteiger partial charge on any atom is -0.317 e. The molecule has 12 heavy (non-hydrogen) atoms. The van der Waals surface area contributed by atoms with Gasteiger partial charge in [0.1, 0.15) is 0 Å². The number of alkyl halides is 2. The number of nitrogens with one attached hydrogen (secondary N) is 1. The lowest BCUT2D eigenvalue weighted by atomic mass is 9.74. The molecule has 1 aliphatic rings. The molecule has 1 nitrogen and oxygen atoms in total. The minimum atomic E-state index is -2.19. The summed E-state index contributed by atoms with van der Waals surface area (Å²) in [5.74, 6) is 0.179. The van der Waals surface area contributed by atoms with Gasteiger partial charge in [0.25, 0.3) is 0 Å². The largest absolute Gasteiger partial charge is 0.317 e. The molecule has 0 atom stereocenters. The number of piperidine rings is 1. The van der Waals surface area contributed by atoms with Crippen molar-refractivity contribution in [2.45, 2.75) is 33.1 Å². The minimum absolute atomic E-state index is 0.179. The molecule has 0 amide bonds. The summed E-state index contributed by atoms with van der Waals surface area (Å²) in [4.78, 5) is 0. The molecule has 0 aromatic heterocycles. The molecule has 1 N–H and O–H groups in total. The van der Waals surface area contributed by atoms with Gasteiger partial charge in [-0.2, -0.15) is 0 Å². The second-order valence-electron chi connectivity index (χ2n) is 4.15. The monoisotopic (exact) mass is 177 g/mol. The first-order chi connectivity index (χ1) is 5.55. The van der Waals surface area contributed by atoms with Gasteiger partial charge in [0.2, 0.25) is 6.43 Å². The maximum Gasteiger partial charge on any atom is 0.243 e. The van der Waals surface area contributed by atoms with Crippen LogP contribution in [0.3, 0.4) is 0 Å². The van der Waals surface area contributed by atoms with Gasteiger partial charge >= 0.3 is 0 Å². The highest BCUT2D eigenvalue weighted by Gasteiger charge is 2.38.